The molecule has 0 saturated heterocycles. The lowest BCUT2D eigenvalue weighted by Crippen LogP contribution is -2.04. The van der Waals surface area contributed by atoms with Gasteiger partial charge in [-0.05, 0) is 93.0 Å². The summed E-state index contributed by atoms with van der Waals surface area (Å²) in [5.74, 6) is -1.18. The zero-order chi connectivity index (χ0) is 23.4. The molecule has 4 heteroatoms. The van der Waals surface area contributed by atoms with Crippen LogP contribution in [0.3, 0.4) is 0 Å². The van der Waals surface area contributed by atoms with E-state index in [9.17, 15) is 18.4 Å². The Morgan fingerprint density at radius 1 is 0.441 bits per heavy atom. The average Bonchev–Trinajstić information content (AvgIpc) is 2.87. The van der Waals surface area contributed by atoms with Gasteiger partial charge >= 0.3 is 0 Å². The Hall–Kier alpha value is -4.44. The van der Waals surface area contributed by atoms with E-state index in [0.29, 0.717) is 22.3 Å². The maximum atomic E-state index is 13.4. The molecule has 0 amide bonds. The van der Waals surface area contributed by atoms with Crippen LogP contribution >= 0.6 is 0 Å². The van der Waals surface area contributed by atoms with Crippen LogP contribution in [0.4, 0.5) is 8.78 Å². The molecule has 34 heavy (non-hydrogen) atoms. The van der Waals surface area contributed by atoms with Crippen LogP contribution in [0.2, 0.25) is 0 Å². The van der Waals surface area contributed by atoms with Crippen molar-refractivity contribution in [2.45, 2.75) is 0 Å². The third-order valence-electron chi connectivity index (χ3n) is 6.37. The van der Waals surface area contributed by atoms with Gasteiger partial charge in [0.1, 0.15) is 11.6 Å². The summed E-state index contributed by atoms with van der Waals surface area (Å²) in [7, 11) is 0. The molecule has 0 spiro atoms. The smallest absolute Gasteiger partial charge is 0.193 e. The van der Waals surface area contributed by atoms with Gasteiger partial charge in [-0.2, -0.15) is 0 Å². The van der Waals surface area contributed by atoms with Gasteiger partial charge in [-0.15, -0.1) is 0 Å². The first-order valence-corrected chi connectivity index (χ1v) is 10.8. The SMILES string of the molecule is O=C(c1ccc(F)cc1)c1ccc2ccc3c(C(=O)c4ccc(F)cc4)ccc4ccc1c2c43. The largest absolute Gasteiger partial charge is 0.289 e. The standard InChI is InChI=1S/C30H16F2O2/c31-21-9-1-19(2-10-21)29(33)25-15-7-17-6-14-24-26(30(34)20-3-11-22(32)12-4-20)16-8-18-5-13-23(25)27(17)28(18)24/h1-16H. The Labute approximate surface area is 193 Å². The van der Waals surface area contributed by atoms with Crippen molar-refractivity contribution < 1.29 is 18.4 Å². The van der Waals surface area contributed by atoms with E-state index in [2.05, 4.69) is 0 Å². The Morgan fingerprint density at radius 2 is 0.794 bits per heavy atom. The van der Waals surface area contributed by atoms with Crippen LogP contribution < -0.4 is 0 Å². The highest BCUT2D eigenvalue weighted by Gasteiger charge is 2.20. The fraction of sp³-hybridized carbons (Fsp3) is 0. The van der Waals surface area contributed by atoms with E-state index in [1.54, 1.807) is 12.1 Å². The first-order valence-electron chi connectivity index (χ1n) is 10.8. The number of hydrogen-bond donors (Lipinski definition) is 0. The van der Waals surface area contributed by atoms with E-state index in [1.165, 1.54) is 48.5 Å². The van der Waals surface area contributed by atoms with E-state index < -0.39 is 11.6 Å². The van der Waals surface area contributed by atoms with Crippen molar-refractivity contribution in [1.29, 1.82) is 0 Å². The summed E-state index contributed by atoms with van der Waals surface area (Å²) >= 11 is 0. The van der Waals surface area contributed by atoms with E-state index in [0.717, 1.165) is 32.3 Å². The highest BCUT2D eigenvalue weighted by atomic mass is 19.1. The van der Waals surface area contributed by atoms with Crippen molar-refractivity contribution in [3.63, 3.8) is 0 Å². The molecule has 0 saturated carbocycles. The second kappa shape index (κ2) is 7.56. The van der Waals surface area contributed by atoms with Gasteiger partial charge in [0.2, 0.25) is 0 Å². The zero-order valence-electron chi connectivity index (χ0n) is 17.8. The number of carbonyl (C=O) groups excluding carboxylic acids is 2. The highest BCUT2D eigenvalue weighted by Crippen LogP contribution is 2.38. The lowest BCUT2D eigenvalue weighted by atomic mass is 9.87. The molecule has 0 radical (unpaired) electrons. The average molecular weight is 446 g/mol. The summed E-state index contributed by atoms with van der Waals surface area (Å²) in [6, 6.07) is 26.1. The molecule has 6 rings (SSSR count). The molecule has 0 heterocycles. The van der Waals surface area contributed by atoms with Crippen LogP contribution in [0.15, 0.2) is 97.1 Å². The minimum atomic E-state index is -0.398. The quantitative estimate of drug-likeness (QED) is 0.210. The molecular formula is C30H16F2O2. The van der Waals surface area contributed by atoms with Crippen molar-refractivity contribution >= 4 is 43.9 Å². The summed E-state index contributed by atoms with van der Waals surface area (Å²) in [4.78, 5) is 26.6. The van der Waals surface area contributed by atoms with Gasteiger partial charge in [-0.25, -0.2) is 8.78 Å². The Balaban J connectivity index is 1.59. The molecule has 0 aliphatic carbocycles. The van der Waals surface area contributed by atoms with Gasteiger partial charge in [0.05, 0.1) is 0 Å². The topological polar surface area (TPSA) is 34.1 Å². The molecule has 0 aromatic heterocycles. The number of carbonyl (C=O) groups is 2. The van der Waals surface area contributed by atoms with Crippen molar-refractivity contribution in [2.24, 2.45) is 0 Å². The first-order chi connectivity index (χ1) is 16.5. The van der Waals surface area contributed by atoms with Crippen molar-refractivity contribution in [2.75, 3.05) is 0 Å². The Bertz CT molecular complexity index is 1600. The zero-order valence-corrected chi connectivity index (χ0v) is 17.8. The van der Waals surface area contributed by atoms with E-state index in [-0.39, 0.29) is 11.6 Å². The molecule has 162 valence electrons. The second-order valence-electron chi connectivity index (χ2n) is 8.32. The molecule has 0 aliphatic heterocycles. The normalized spacial score (nSPS) is 11.5. The maximum absolute atomic E-state index is 13.4. The number of benzene rings is 6. The molecule has 0 bridgehead atoms. The van der Waals surface area contributed by atoms with Crippen LogP contribution in [-0.4, -0.2) is 11.6 Å². The van der Waals surface area contributed by atoms with E-state index >= 15 is 0 Å². The third-order valence-corrected chi connectivity index (χ3v) is 6.37. The van der Waals surface area contributed by atoms with E-state index in [4.69, 9.17) is 0 Å². The maximum Gasteiger partial charge on any atom is 0.193 e. The molecule has 2 nitrogen and oxygen atoms in total. The lowest BCUT2D eigenvalue weighted by molar-refractivity contribution is 0.103. The van der Waals surface area contributed by atoms with Crippen LogP contribution in [0.5, 0.6) is 0 Å². The molecular weight excluding hydrogens is 430 g/mol. The van der Waals surface area contributed by atoms with E-state index in [1.807, 2.05) is 36.4 Å². The monoisotopic (exact) mass is 446 g/mol. The predicted octanol–water partition coefficient (Wildman–Crippen LogP) is 7.32. The van der Waals surface area contributed by atoms with Gasteiger partial charge in [0.15, 0.2) is 11.6 Å². The minimum Gasteiger partial charge on any atom is -0.289 e. The lowest BCUT2D eigenvalue weighted by Gasteiger charge is -2.15. The van der Waals surface area contributed by atoms with Crippen LogP contribution in [0.1, 0.15) is 31.8 Å². The minimum absolute atomic E-state index is 0.194. The number of rotatable bonds is 4. The Kier molecular flexibility index (Phi) is 4.49. The van der Waals surface area contributed by atoms with Gasteiger partial charge in [-0.1, -0.05) is 36.4 Å². The third kappa shape index (κ3) is 3.07. The molecule has 0 atom stereocenters. The van der Waals surface area contributed by atoms with Crippen molar-refractivity contribution in [1.82, 2.24) is 0 Å². The Morgan fingerprint density at radius 3 is 1.18 bits per heavy atom. The fourth-order valence-corrected chi connectivity index (χ4v) is 4.71. The van der Waals surface area contributed by atoms with Crippen molar-refractivity contribution in [3.05, 3.63) is 131 Å². The summed E-state index contributed by atoms with van der Waals surface area (Å²) in [5.41, 5.74) is 1.85. The molecule has 0 aliphatic rings. The number of hydrogen-bond acceptors (Lipinski definition) is 2. The summed E-state index contributed by atoms with van der Waals surface area (Å²) in [6.45, 7) is 0. The predicted molar refractivity (Wildman–Crippen MR) is 130 cm³/mol. The van der Waals surface area contributed by atoms with Crippen LogP contribution in [-0.2, 0) is 0 Å². The van der Waals surface area contributed by atoms with Crippen molar-refractivity contribution in [3.8, 4) is 0 Å². The molecule has 0 N–H and O–H groups in total. The molecule has 0 fully saturated rings. The number of ketones is 2. The number of halogens is 2. The second-order valence-corrected chi connectivity index (χ2v) is 8.32. The van der Waals surface area contributed by atoms with Gasteiger partial charge in [0.25, 0.3) is 0 Å². The molecule has 6 aromatic rings. The molecule has 0 unspecified atom stereocenters. The van der Waals surface area contributed by atoms with Gasteiger partial charge in [-0.3, -0.25) is 9.59 Å². The summed E-state index contributed by atoms with van der Waals surface area (Å²) < 4.78 is 26.7. The summed E-state index contributed by atoms with van der Waals surface area (Å²) in [5, 5.41) is 5.26. The molecule has 6 aromatic carbocycles. The summed E-state index contributed by atoms with van der Waals surface area (Å²) in [6.07, 6.45) is 0. The van der Waals surface area contributed by atoms with Gasteiger partial charge < -0.3 is 0 Å². The fourth-order valence-electron chi connectivity index (χ4n) is 4.71. The van der Waals surface area contributed by atoms with Gasteiger partial charge in [0, 0.05) is 22.3 Å². The first kappa shape index (κ1) is 20.2. The van der Waals surface area contributed by atoms with Crippen LogP contribution in [0, 0.1) is 11.6 Å². The van der Waals surface area contributed by atoms with Crippen LogP contribution in [0.25, 0.3) is 32.3 Å². The highest BCUT2D eigenvalue weighted by molar-refractivity contribution is 6.31.